The quantitative estimate of drug-likeness (QED) is 0.496. The predicted octanol–water partition coefficient (Wildman–Crippen LogP) is 2.07. The molecule has 152 valence electrons. The van der Waals surface area contributed by atoms with Gasteiger partial charge in [0.15, 0.2) is 5.16 Å². The Bertz CT molecular complexity index is 985. The fourth-order valence-electron chi connectivity index (χ4n) is 2.30. The van der Waals surface area contributed by atoms with Crippen molar-refractivity contribution in [1.29, 1.82) is 0 Å². The van der Waals surface area contributed by atoms with E-state index in [4.69, 9.17) is 0 Å². The highest BCUT2D eigenvalue weighted by atomic mass is 32.2. The van der Waals surface area contributed by atoms with Gasteiger partial charge in [0.05, 0.1) is 10.1 Å². The van der Waals surface area contributed by atoms with Crippen molar-refractivity contribution in [2.45, 2.75) is 55.6 Å². The molecule has 0 saturated heterocycles. The zero-order chi connectivity index (χ0) is 20.9. The topological polar surface area (TPSA) is 110 Å². The van der Waals surface area contributed by atoms with Crippen molar-refractivity contribution < 1.29 is 13.2 Å². The van der Waals surface area contributed by atoms with Crippen LogP contribution in [0.2, 0.25) is 0 Å². The fraction of sp³-hybridized carbons (Fsp3) is 0.389. The highest BCUT2D eigenvalue weighted by molar-refractivity contribution is 8.00. The zero-order valence-electron chi connectivity index (χ0n) is 16.2. The van der Waals surface area contributed by atoms with Gasteiger partial charge < -0.3 is 9.88 Å². The molecule has 1 aromatic heterocycles. The molecule has 2 aromatic rings. The Hall–Kier alpha value is -2.17. The van der Waals surface area contributed by atoms with E-state index >= 15 is 0 Å². The van der Waals surface area contributed by atoms with E-state index in [0.29, 0.717) is 17.4 Å². The van der Waals surface area contributed by atoms with Gasteiger partial charge in [-0.25, -0.2) is 13.1 Å². The highest BCUT2D eigenvalue weighted by Gasteiger charge is 2.18. The number of amides is 1. The van der Waals surface area contributed by atoms with Crippen LogP contribution in [0.15, 0.2) is 51.4 Å². The maximum absolute atomic E-state index is 12.5. The molecule has 0 aliphatic carbocycles. The van der Waals surface area contributed by atoms with Crippen molar-refractivity contribution in [3.05, 3.63) is 46.9 Å². The molecule has 0 spiro atoms. The van der Waals surface area contributed by atoms with Crippen molar-refractivity contribution in [2.75, 3.05) is 5.32 Å². The van der Waals surface area contributed by atoms with Gasteiger partial charge in [0, 0.05) is 30.5 Å². The number of anilines is 1. The number of hydrogen-bond acceptors (Lipinski definition) is 6. The minimum atomic E-state index is -3.58. The summed E-state index contributed by atoms with van der Waals surface area (Å²) in [6, 6.07) is 7.11. The first-order chi connectivity index (χ1) is 13.1. The molecule has 0 saturated carbocycles. The molecule has 1 heterocycles. The summed E-state index contributed by atoms with van der Waals surface area (Å²) in [7, 11) is -3.58. The van der Waals surface area contributed by atoms with Crippen LogP contribution in [-0.2, 0) is 21.4 Å². The number of carbonyl (C=O) groups is 1. The van der Waals surface area contributed by atoms with Gasteiger partial charge >= 0.3 is 0 Å². The van der Waals surface area contributed by atoms with E-state index in [1.54, 1.807) is 31.5 Å². The van der Waals surface area contributed by atoms with Crippen LogP contribution in [0.25, 0.3) is 0 Å². The summed E-state index contributed by atoms with van der Waals surface area (Å²) < 4.78 is 28.6. The third-order valence-corrected chi connectivity index (χ3v) is 6.44. The molecule has 0 aliphatic heterocycles. The molecule has 2 N–H and O–H groups in total. The second kappa shape index (κ2) is 9.35. The minimum absolute atomic E-state index is 0.127. The zero-order valence-corrected chi connectivity index (χ0v) is 17.8. The summed E-state index contributed by atoms with van der Waals surface area (Å²) in [5, 5.41) is 2.71. The Morgan fingerprint density at radius 1 is 1.18 bits per heavy atom. The summed E-state index contributed by atoms with van der Waals surface area (Å²) in [4.78, 5) is 28.0. The Labute approximate surface area is 168 Å². The van der Waals surface area contributed by atoms with Crippen LogP contribution in [0, 0.1) is 0 Å². The molecular weight excluding hydrogens is 400 g/mol. The maximum atomic E-state index is 12.5. The molecule has 0 bridgehead atoms. The normalized spacial score (nSPS) is 12.8. The first-order valence-corrected chi connectivity index (χ1v) is 11.2. The van der Waals surface area contributed by atoms with E-state index in [2.05, 4.69) is 15.0 Å². The molecule has 8 nitrogen and oxygen atoms in total. The average molecular weight is 425 g/mol. The number of sulfonamides is 1. The minimum Gasteiger partial charge on any atom is -0.328 e. The summed E-state index contributed by atoms with van der Waals surface area (Å²) in [5.74, 6) is -0.276. The van der Waals surface area contributed by atoms with Crippen molar-refractivity contribution in [2.24, 2.45) is 0 Å². The van der Waals surface area contributed by atoms with E-state index in [0.717, 1.165) is 0 Å². The van der Waals surface area contributed by atoms with Crippen molar-refractivity contribution in [1.82, 2.24) is 14.3 Å². The van der Waals surface area contributed by atoms with E-state index in [1.165, 1.54) is 42.1 Å². The van der Waals surface area contributed by atoms with Crippen LogP contribution in [0.1, 0.15) is 27.7 Å². The first kappa shape index (κ1) is 22.1. The molecule has 1 atom stereocenters. The lowest BCUT2D eigenvalue weighted by Gasteiger charge is -2.15. The lowest BCUT2D eigenvalue weighted by atomic mass is 10.3. The fourth-order valence-corrected chi connectivity index (χ4v) is 4.50. The van der Waals surface area contributed by atoms with E-state index in [9.17, 15) is 18.0 Å². The number of nitrogens with zero attached hydrogens (tertiary/aromatic N) is 2. The summed E-state index contributed by atoms with van der Waals surface area (Å²) in [6.07, 6.45) is 1.65. The van der Waals surface area contributed by atoms with Gasteiger partial charge in [0.25, 0.3) is 5.56 Å². The molecule has 1 aromatic carbocycles. The van der Waals surface area contributed by atoms with Gasteiger partial charge in [-0.2, -0.15) is 4.98 Å². The molecule has 1 amide bonds. The molecule has 0 radical (unpaired) electrons. The van der Waals surface area contributed by atoms with Gasteiger partial charge in [-0.05, 0) is 52.0 Å². The van der Waals surface area contributed by atoms with Crippen molar-refractivity contribution in [3.63, 3.8) is 0 Å². The monoisotopic (exact) mass is 424 g/mol. The first-order valence-electron chi connectivity index (χ1n) is 8.79. The van der Waals surface area contributed by atoms with E-state index < -0.39 is 15.3 Å². The van der Waals surface area contributed by atoms with Gasteiger partial charge in [-0.3, -0.25) is 9.59 Å². The molecule has 28 heavy (non-hydrogen) atoms. The van der Waals surface area contributed by atoms with Crippen LogP contribution < -0.4 is 15.6 Å². The molecule has 0 fully saturated rings. The molecule has 0 aliphatic rings. The summed E-state index contributed by atoms with van der Waals surface area (Å²) in [5.41, 5.74) is 0.126. The number of aryl methyl sites for hydroxylation is 1. The van der Waals surface area contributed by atoms with Crippen molar-refractivity contribution >= 4 is 33.4 Å². The lowest BCUT2D eigenvalue weighted by Crippen LogP contribution is -2.30. The maximum Gasteiger partial charge on any atom is 0.273 e. The standard InChI is InChI=1S/C18H24N4O4S2/c1-5-22-11-10-16(23)20-18(22)27-13(4)17(24)19-14-6-8-15(9-7-14)28(25,26)21-12(2)3/h6-13,21H,5H2,1-4H3,(H,19,24). The number of hydrogen-bond donors (Lipinski definition) is 2. The number of benzene rings is 1. The molecule has 2 rings (SSSR count). The van der Waals surface area contributed by atoms with Crippen LogP contribution in [0.5, 0.6) is 0 Å². The van der Waals surface area contributed by atoms with Gasteiger partial charge in [0.2, 0.25) is 15.9 Å². The summed E-state index contributed by atoms with van der Waals surface area (Å²) in [6.45, 7) is 7.75. The molecular formula is C18H24N4O4S2. The Kier molecular flexibility index (Phi) is 7.39. The smallest absolute Gasteiger partial charge is 0.273 e. The molecule has 10 heteroatoms. The van der Waals surface area contributed by atoms with Gasteiger partial charge in [0.1, 0.15) is 0 Å². The van der Waals surface area contributed by atoms with Crippen LogP contribution in [0.3, 0.4) is 0 Å². The van der Waals surface area contributed by atoms with Crippen LogP contribution in [-0.4, -0.2) is 35.2 Å². The average Bonchev–Trinajstić information content (AvgIpc) is 2.61. The third kappa shape index (κ3) is 5.91. The number of carbonyl (C=O) groups excluding carboxylic acids is 1. The number of nitrogens with one attached hydrogen (secondary N) is 2. The van der Waals surface area contributed by atoms with Crippen LogP contribution >= 0.6 is 11.8 Å². The largest absolute Gasteiger partial charge is 0.328 e. The number of aromatic nitrogens is 2. The van der Waals surface area contributed by atoms with Crippen molar-refractivity contribution in [3.8, 4) is 0 Å². The van der Waals surface area contributed by atoms with E-state index in [1.807, 2.05) is 6.92 Å². The van der Waals surface area contributed by atoms with Gasteiger partial charge in [-0.15, -0.1) is 0 Å². The van der Waals surface area contributed by atoms with E-state index in [-0.39, 0.29) is 22.4 Å². The summed E-state index contributed by atoms with van der Waals surface area (Å²) >= 11 is 1.18. The molecule has 1 unspecified atom stereocenters. The SMILES string of the molecule is CCn1ccc(=O)nc1SC(C)C(=O)Nc1ccc(S(=O)(=O)NC(C)C)cc1. The lowest BCUT2D eigenvalue weighted by molar-refractivity contribution is -0.115. The Morgan fingerprint density at radius 2 is 1.82 bits per heavy atom. The highest BCUT2D eigenvalue weighted by Crippen LogP contribution is 2.22. The van der Waals surface area contributed by atoms with Gasteiger partial charge in [-0.1, -0.05) is 11.8 Å². The third-order valence-electron chi connectivity index (χ3n) is 3.66. The Morgan fingerprint density at radius 3 is 2.39 bits per heavy atom. The number of thioether (sulfide) groups is 1. The second-order valence-corrected chi connectivity index (χ2v) is 9.41. The Balaban J connectivity index is 2.06. The number of rotatable bonds is 8. The second-order valence-electron chi connectivity index (χ2n) is 6.38. The predicted molar refractivity (Wildman–Crippen MR) is 110 cm³/mol. The van der Waals surface area contributed by atoms with Crippen LogP contribution in [0.4, 0.5) is 5.69 Å².